The van der Waals surface area contributed by atoms with Gasteiger partial charge in [-0.15, -0.1) is 0 Å². The summed E-state index contributed by atoms with van der Waals surface area (Å²) in [5.41, 5.74) is 0.126. The molecule has 68 valence electrons. The molecule has 1 aliphatic heterocycles. The third kappa shape index (κ3) is 1.63. The van der Waals surface area contributed by atoms with E-state index in [0.29, 0.717) is 0 Å². The summed E-state index contributed by atoms with van der Waals surface area (Å²) in [6, 6.07) is 0. The Bertz CT molecular complexity index is 192. The van der Waals surface area contributed by atoms with Gasteiger partial charge >= 0.3 is 0 Å². The predicted octanol–water partition coefficient (Wildman–Crippen LogP) is 2.84. The highest BCUT2D eigenvalue weighted by atomic mass is 16.7. The van der Waals surface area contributed by atoms with Crippen LogP contribution >= 0.6 is 0 Å². The Morgan fingerprint density at radius 3 is 2.33 bits per heavy atom. The van der Waals surface area contributed by atoms with Gasteiger partial charge in [-0.2, -0.15) is 0 Å². The normalized spacial score (nSPS) is 16.4. The molecule has 0 N–H and O–H groups in total. The molecule has 0 amide bonds. The molecule has 0 saturated heterocycles. The lowest BCUT2D eigenvalue weighted by molar-refractivity contribution is -0.139. The molecular weight excluding hydrogens is 150 g/mol. The van der Waals surface area contributed by atoms with Gasteiger partial charge in [-0.05, 0) is 31.9 Å². The first-order chi connectivity index (χ1) is 5.73. The highest BCUT2D eigenvalue weighted by molar-refractivity contribution is 5.04. The molecule has 1 heterocycles. The molecule has 0 saturated carbocycles. The van der Waals surface area contributed by atoms with E-state index >= 15 is 0 Å². The molecule has 0 aromatic rings. The van der Waals surface area contributed by atoms with Gasteiger partial charge in [-0.1, -0.05) is 13.8 Å². The number of nitrogens with zero attached hydrogens (tertiary/aromatic N) is 1. The van der Waals surface area contributed by atoms with Crippen LogP contribution in [0.1, 0.15) is 33.6 Å². The van der Waals surface area contributed by atoms with E-state index in [1.54, 1.807) is 6.26 Å². The molecule has 2 nitrogen and oxygen atoms in total. The molecule has 0 unspecified atom stereocenters. The second-order valence-electron chi connectivity index (χ2n) is 3.31. The molecule has 1 rings (SSSR count). The molecule has 0 aromatic carbocycles. The van der Waals surface area contributed by atoms with Crippen LogP contribution in [0.2, 0.25) is 0 Å². The summed E-state index contributed by atoms with van der Waals surface area (Å²) >= 11 is 0. The number of hydrogen-bond donors (Lipinski definition) is 0. The van der Waals surface area contributed by atoms with Crippen LogP contribution in [0.3, 0.4) is 0 Å². The van der Waals surface area contributed by atoms with Crippen molar-refractivity contribution in [1.82, 2.24) is 5.06 Å². The number of rotatable bonds is 3. The van der Waals surface area contributed by atoms with Crippen molar-refractivity contribution in [3.05, 3.63) is 24.6 Å². The minimum Gasteiger partial charge on any atom is -0.387 e. The molecule has 0 atom stereocenters. The summed E-state index contributed by atoms with van der Waals surface area (Å²) in [5.74, 6) is 0. The second-order valence-corrected chi connectivity index (χ2v) is 3.31. The van der Waals surface area contributed by atoms with Gasteiger partial charge in [-0.3, -0.25) is 0 Å². The summed E-state index contributed by atoms with van der Waals surface area (Å²) in [5, 5.41) is 1.92. The van der Waals surface area contributed by atoms with Crippen molar-refractivity contribution in [2.45, 2.75) is 39.2 Å². The molecule has 0 fully saturated rings. The smallest absolute Gasteiger partial charge is 0.119 e. The van der Waals surface area contributed by atoms with E-state index in [4.69, 9.17) is 4.84 Å². The maximum absolute atomic E-state index is 5.39. The van der Waals surface area contributed by atoms with Gasteiger partial charge in [0.15, 0.2) is 0 Å². The van der Waals surface area contributed by atoms with Gasteiger partial charge in [0.05, 0.1) is 5.54 Å². The van der Waals surface area contributed by atoms with Crippen LogP contribution in [0.15, 0.2) is 24.6 Å². The lowest BCUT2D eigenvalue weighted by Gasteiger charge is -2.38. The Kier molecular flexibility index (Phi) is 2.79. The number of hydrogen-bond acceptors (Lipinski definition) is 2. The topological polar surface area (TPSA) is 12.5 Å². The summed E-state index contributed by atoms with van der Waals surface area (Å²) in [6.07, 6.45) is 9.75. The van der Waals surface area contributed by atoms with Gasteiger partial charge in [0, 0.05) is 6.20 Å². The van der Waals surface area contributed by atoms with E-state index < -0.39 is 0 Å². The zero-order valence-corrected chi connectivity index (χ0v) is 8.08. The lowest BCUT2D eigenvalue weighted by Crippen LogP contribution is -2.41. The Morgan fingerprint density at radius 2 is 1.92 bits per heavy atom. The average Bonchev–Trinajstić information content (AvgIpc) is 2.18. The van der Waals surface area contributed by atoms with Crippen molar-refractivity contribution in [2.24, 2.45) is 0 Å². The average molecular weight is 167 g/mol. The van der Waals surface area contributed by atoms with Crippen molar-refractivity contribution in [1.29, 1.82) is 0 Å². The van der Waals surface area contributed by atoms with Crippen molar-refractivity contribution in [3.8, 4) is 0 Å². The molecule has 1 aliphatic rings. The molecule has 12 heavy (non-hydrogen) atoms. The van der Waals surface area contributed by atoms with Gasteiger partial charge in [0.2, 0.25) is 0 Å². The Balaban J connectivity index is 2.66. The van der Waals surface area contributed by atoms with Crippen molar-refractivity contribution < 1.29 is 4.84 Å². The van der Waals surface area contributed by atoms with Crippen LogP contribution in [0.25, 0.3) is 0 Å². The summed E-state index contributed by atoms with van der Waals surface area (Å²) in [4.78, 5) is 5.39. The van der Waals surface area contributed by atoms with Crippen molar-refractivity contribution in [2.75, 3.05) is 0 Å². The number of hydroxylamine groups is 2. The summed E-state index contributed by atoms with van der Waals surface area (Å²) < 4.78 is 0. The monoisotopic (exact) mass is 167 g/mol. The largest absolute Gasteiger partial charge is 0.387 e. The Labute approximate surface area is 74.5 Å². The second kappa shape index (κ2) is 3.65. The molecule has 0 radical (unpaired) electrons. The van der Waals surface area contributed by atoms with Crippen LogP contribution in [-0.2, 0) is 4.84 Å². The van der Waals surface area contributed by atoms with Crippen molar-refractivity contribution in [3.63, 3.8) is 0 Å². The van der Waals surface area contributed by atoms with Crippen molar-refractivity contribution >= 4 is 0 Å². The summed E-state index contributed by atoms with van der Waals surface area (Å²) in [7, 11) is 0. The molecule has 0 spiro atoms. The molecule has 2 heteroatoms. The van der Waals surface area contributed by atoms with E-state index in [1.165, 1.54) is 0 Å². The number of allylic oxidation sites excluding steroid dienone is 2. The third-order valence-corrected chi connectivity index (χ3v) is 2.64. The van der Waals surface area contributed by atoms with Crippen LogP contribution in [0.4, 0.5) is 0 Å². The third-order valence-electron chi connectivity index (χ3n) is 2.64. The Hall–Kier alpha value is -0.920. The fraction of sp³-hybridized carbons (Fsp3) is 0.600. The van der Waals surface area contributed by atoms with Gasteiger partial charge < -0.3 is 4.84 Å². The minimum atomic E-state index is 0.126. The maximum atomic E-state index is 5.39. The predicted molar refractivity (Wildman–Crippen MR) is 50.2 cm³/mol. The van der Waals surface area contributed by atoms with Gasteiger partial charge in [0.25, 0.3) is 0 Å². The maximum Gasteiger partial charge on any atom is 0.119 e. The van der Waals surface area contributed by atoms with E-state index in [1.807, 2.05) is 23.4 Å². The van der Waals surface area contributed by atoms with Crippen LogP contribution in [0, 0.1) is 0 Å². The standard InChI is InChI=1S/C10H17NO/c1-4-10(3,5-2)11-8-6-7-9-12-11/h6-9H,4-5H2,1-3H3. The van der Waals surface area contributed by atoms with Crippen LogP contribution in [0.5, 0.6) is 0 Å². The highest BCUT2D eigenvalue weighted by Crippen LogP contribution is 2.25. The minimum absolute atomic E-state index is 0.126. The molecule has 0 bridgehead atoms. The van der Waals surface area contributed by atoms with E-state index in [-0.39, 0.29) is 5.54 Å². The van der Waals surface area contributed by atoms with Crippen LogP contribution in [-0.4, -0.2) is 10.6 Å². The zero-order valence-electron chi connectivity index (χ0n) is 8.08. The zero-order chi connectivity index (χ0) is 9.03. The quantitative estimate of drug-likeness (QED) is 0.641. The van der Waals surface area contributed by atoms with Gasteiger partial charge in [0.1, 0.15) is 6.26 Å². The fourth-order valence-electron chi connectivity index (χ4n) is 1.18. The SMILES string of the molecule is CCC(C)(CC)N1C=CC=CO1. The molecular formula is C10H17NO. The van der Waals surface area contributed by atoms with E-state index in [2.05, 4.69) is 20.8 Å². The summed E-state index contributed by atoms with van der Waals surface area (Å²) in [6.45, 7) is 6.56. The first-order valence-electron chi connectivity index (χ1n) is 4.52. The van der Waals surface area contributed by atoms with Gasteiger partial charge in [-0.25, -0.2) is 5.06 Å². The first kappa shape index (κ1) is 9.17. The lowest BCUT2D eigenvalue weighted by atomic mass is 9.95. The highest BCUT2D eigenvalue weighted by Gasteiger charge is 2.27. The molecule has 0 aromatic heterocycles. The Morgan fingerprint density at radius 1 is 1.25 bits per heavy atom. The van der Waals surface area contributed by atoms with E-state index in [0.717, 1.165) is 12.8 Å². The molecule has 0 aliphatic carbocycles. The van der Waals surface area contributed by atoms with Crippen LogP contribution < -0.4 is 0 Å². The first-order valence-corrected chi connectivity index (χ1v) is 4.52. The van der Waals surface area contributed by atoms with E-state index in [9.17, 15) is 0 Å². The fourth-order valence-corrected chi connectivity index (χ4v) is 1.18.